The standard InChI is InChI=1S/C13H25NO/c1-3-4-9-14-10-7-5-6-8-13(14)11-12(2)15/h3,12-13,15H,1,4-11H2,2H3. The lowest BCUT2D eigenvalue weighted by atomic mass is 10.0. The Bertz CT molecular complexity index is 179. The van der Waals surface area contributed by atoms with Gasteiger partial charge in [0.2, 0.25) is 0 Å². The molecule has 1 heterocycles. The van der Waals surface area contributed by atoms with Crippen molar-refractivity contribution >= 4 is 0 Å². The molecule has 88 valence electrons. The summed E-state index contributed by atoms with van der Waals surface area (Å²) in [6, 6.07) is 0.590. The number of aliphatic hydroxyl groups excluding tert-OH is 1. The van der Waals surface area contributed by atoms with E-state index in [1.807, 2.05) is 13.0 Å². The molecule has 15 heavy (non-hydrogen) atoms. The van der Waals surface area contributed by atoms with Gasteiger partial charge in [-0.3, -0.25) is 4.90 Å². The van der Waals surface area contributed by atoms with Crippen molar-refractivity contribution in [3.8, 4) is 0 Å². The molecule has 0 aromatic carbocycles. The van der Waals surface area contributed by atoms with Gasteiger partial charge < -0.3 is 5.11 Å². The molecule has 2 atom stereocenters. The Labute approximate surface area is 94.0 Å². The van der Waals surface area contributed by atoms with Crippen molar-refractivity contribution in [1.82, 2.24) is 4.90 Å². The molecule has 2 unspecified atom stereocenters. The van der Waals surface area contributed by atoms with Crippen LogP contribution in [0.5, 0.6) is 0 Å². The summed E-state index contributed by atoms with van der Waals surface area (Å²) in [5.74, 6) is 0. The Balaban J connectivity index is 2.46. The monoisotopic (exact) mass is 211 g/mol. The third-order valence-electron chi connectivity index (χ3n) is 3.23. The second kappa shape index (κ2) is 7.02. The molecule has 0 saturated carbocycles. The van der Waals surface area contributed by atoms with Crippen LogP contribution in [0.3, 0.4) is 0 Å². The van der Waals surface area contributed by atoms with Gasteiger partial charge in [-0.05, 0) is 39.2 Å². The van der Waals surface area contributed by atoms with E-state index in [2.05, 4.69) is 11.5 Å². The number of likely N-dealkylation sites (tertiary alicyclic amines) is 1. The quantitative estimate of drug-likeness (QED) is 0.707. The molecule has 0 aliphatic carbocycles. The molecule has 1 aliphatic heterocycles. The van der Waals surface area contributed by atoms with Gasteiger partial charge in [0.25, 0.3) is 0 Å². The van der Waals surface area contributed by atoms with Crippen molar-refractivity contribution in [2.24, 2.45) is 0 Å². The lowest BCUT2D eigenvalue weighted by molar-refractivity contribution is 0.113. The second-order valence-corrected chi connectivity index (χ2v) is 4.70. The molecule has 0 aromatic rings. The molecule has 0 amide bonds. The average Bonchev–Trinajstić information content (AvgIpc) is 2.40. The van der Waals surface area contributed by atoms with Gasteiger partial charge in [-0.25, -0.2) is 0 Å². The van der Waals surface area contributed by atoms with E-state index in [1.54, 1.807) is 0 Å². The molecule has 1 rings (SSSR count). The van der Waals surface area contributed by atoms with Gasteiger partial charge in [0, 0.05) is 12.6 Å². The molecular formula is C13H25NO. The highest BCUT2D eigenvalue weighted by Gasteiger charge is 2.21. The van der Waals surface area contributed by atoms with Crippen LogP contribution in [-0.4, -0.2) is 35.2 Å². The van der Waals surface area contributed by atoms with Crippen LogP contribution < -0.4 is 0 Å². The normalized spacial score (nSPS) is 25.9. The average molecular weight is 211 g/mol. The van der Waals surface area contributed by atoms with Gasteiger partial charge in [-0.2, -0.15) is 0 Å². The molecule has 1 N–H and O–H groups in total. The molecule has 2 nitrogen and oxygen atoms in total. The summed E-state index contributed by atoms with van der Waals surface area (Å²) >= 11 is 0. The zero-order valence-electron chi connectivity index (χ0n) is 9.99. The second-order valence-electron chi connectivity index (χ2n) is 4.70. The van der Waals surface area contributed by atoms with Crippen molar-refractivity contribution in [3.05, 3.63) is 12.7 Å². The minimum absolute atomic E-state index is 0.167. The molecule has 1 aliphatic rings. The van der Waals surface area contributed by atoms with Gasteiger partial charge in [0.05, 0.1) is 6.10 Å². The number of rotatable bonds is 5. The smallest absolute Gasteiger partial charge is 0.0527 e. The molecule has 0 aromatic heterocycles. The Morgan fingerprint density at radius 3 is 2.93 bits per heavy atom. The van der Waals surface area contributed by atoms with E-state index in [0.29, 0.717) is 6.04 Å². The maximum absolute atomic E-state index is 9.49. The molecule has 0 bridgehead atoms. The molecule has 1 saturated heterocycles. The first kappa shape index (κ1) is 12.7. The summed E-state index contributed by atoms with van der Waals surface area (Å²) in [6.45, 7) is 7.99. The highest BCUT2D eigenvalue weighted by atomic mass is 16.3. The number of hydrogen-bond donors (Lipinski definition) is 1. The third-order valence-corrected chi connectivity index (χ3v) is 3.23. The lowest BCUT2D eigenvalue weighted by Crippen LogP contribution is -2.37. The fourth-order valence-corrected chi connectivity index (χ4v) is 2.45. The SMILES string of the molecule is C=CCCN1CCCCCC1CC(C)O. The first-order chi connectivity index (χ1) is 7.24. The van der Waals surface area contributed by atoms with E-state index in [0.717, 1.165) is 19.4 Å². The van der Waals surface area contributed by atoms with E-state index in [9.17, 15) is 5.11 Å². The van der Waals surface area contributed by atoms with Crippen molar-refractivity contribution in [3.63, 3.8) is 0 Å². The zero-order valence-corrected chi connectivity index (χ0v) is 9.99. The Kier molecular flexibility index (Phi) is 5.96. The number of hydrogen-bond acceptors (Lipinski definition) is 2. The Morgan fingerprint density at radius 1 is 1.47 bits per heavy atom. The van der Waals surface area contributed by atoms with Crippen LogP contribution in [0.2, 0.25) is 0 Å². The van der Waals surface area contributed by atoms with Crippen molar-refractivity contribution in [2.45, 2.75) is 57.6 Å². The fourth-order valence-electron chi connectivity index (χ4n) is 2.45. The van der Waals surface area contributed by atoms with Crippen LogP contribution in [0.1, 0.15) is 45.4 Å². The van der Waals surface area contributed by atoms with E-state index < -0.39 is 0 Å². The molecular weight excluding hydrogens is 186 g/mol. The van der Waals surface area contributed by atoms with Crippen LogP contribution in [0, 0.1) is 0 Å². The molecule has 0 radical (unpaired) electrons. The fraction of sp³-hybridized carbons (Fsp3) is 0.846. The first-order valence-corrected chi connectivity index (χ1v) is 6.27. The topological polar surface area (TPSA) is 23.5 Å². The summed E-state index contributed by atoms with van der Waals surface area (Å²) < 4.78 is 0. The summed E-state index contributed by atoms with van der Waals surface area (Å²) in [6.07, 6.45) is 9.05. The number of aliphatic hydroxyl groups is 1. The minimum Gasteiger partial charge on any atom is -0.393 e. The van der Waals surface area contributed by atoms with E-state index >= 15 is 0 Å². The van der Waals surface area contributed by atoms with Crippen molar-refractivity contribution in [1.29, 1.82) is 0 Å². The van der Waals surface area contributed by atoms with Gasteiger partial charge in [-0.1, -0.05) is 18.9 Å². The predicted octanol–water partition coefficient (Wildman–Crippen LogP) is 2.58. The van der Waals surface area contributed by atoms with Crippen molar-refractivity contribution in [2.75, 3.05) is 13.1 Å². The van der Waals surface area contributed by atoms with Crippen LogP contribution in [0.4, 0.5) is 0 Å². The molecule has 1 fully saturated rings. The number of nitrogens with zero attached hydrogens (tertiary/aromatic N) is 1. The van der Waals surface area contributed by atoms with Gasteiger partial charge in [0.15, 0.2) is 0 Å². The molecule has 0 spiro atoms. The van der Waals surface area contributed by atoms with Crippen LogP contribution in [-0.2, 0) is 0 Å². The highest BCUT2D eigenvalue weighted by Crippen LogP contribution is 2.20. The predicted molar refractivity (Wildman–Crippen MR) is 64.9 cm³/mol. The first-order valence-electron chi connectivity index (χ1n) is 6.27. The Hall–Kier alpha value is -0.340. The zero-order chi connectivity index (χ0) is 11.1. The summed E-state index contributed by atoms with van der Waals surface area (Å²) in [4.78, 5) is 2.54. The summed E-state index contributed by atoms with van der Waals surface area (Å²) in [7, 11) is 0. The summed E-state index contributed by atoms with van der Waals surface area (Å²) in [5.41, 5.74) is 0. The van der Waals surface area contributed by atoms with Gasteiger partial charge in [0.1, 0.15) is 0 Å². The van der Waals surface area contributed by atoms with Crippen LogP contribution >= 0.6 is 0 Å². The summed E-state index contributed by atoms with van der Waals surface area (Å²) in [5, 5.41) is 9.49. The van der Waals surface area contributed by atoms with Gasteiger partial charge in [-0.15, -0.1) is 6.58 Å². The van der Waals surface area contributed by atoms with E-state index in [4.69, 9.17) is 0 Å². The van der Waals surface area contributed by atoms with Gasteiger partial charge >= 0.3 is 0 Å². The third kappa shape index (κ3) is 4.80. The van der Waals surface area contributed by atoms with Crippen LogP contribution in [0.25, 0.3) is 0 Å². The largest absolute Gasteiger partial charge is 0.393 e. The molecule has 2 heteroatoms. The lowest BCUT2D eigenvalue weighted by Gasteiger charge is -2.30. The van der Waals surface area contributed by atoms with E-state index in [-0.39, 0.29) is 6.10 Å². The van der Waals surface area contributed by atoms with Crippen LogP contribution in [0.15, 0.2) is 12.7 Å². The van der Waals surface area contributed by atoms with Crippen molar-refractivity contribution < 1.29 is 5.11 Å². The Morgan fingerprint density at radius 2 is 2.27 bits per heavy atom. The maximum Gasteiger partial charge on any atom is 0.0527 e. The van der Waals surface area contributed by atoms with E-state index in [1.165, 1.54) is 32.2 Å². The highest BCUT2D eigenvalue weighted by molar-refractivity contribution is 4.79. The minimum atomic E-state index is -0.167. The maximum atomic E-state index is 9.49.